The van der Waals surface area contributed by atoms with E-state index >= 15 is 0 Å². The van der Waals surface area contributed by atoms with Crippen LogP contribution in [0.1, 0.15) is 38.7 Å². The van der Waals surface area contributed by atoms with Crippen LogP contribution in [0.2, 0.25) is 0 Å². The van der Waals surface area contributed by atoms with Crippen LogP contribution in [0.25, 0.3) is 0 Å². The molecule has 2 aromatic carbocycles. The summed E-state index contributed by atoms with van der Waals surface area (Å²) in [6.07, 6.45) is -0.649. The molecule has 26 heavy (non-hydrogen) atoms. The van der Waals surface area contributed by atoms with Gasteiger partial charge in [0.2, 0.25) is 0 Å². The van der Waals surface area contributed by atoms with Crippen LogP contribution in [0.3, 0.4) is 0 Å². The number of ether oxygens (including phenoxy) is 1. The summed E-state index contributed by atoms with van der Waals surface area (Å²) < 4.78 is 5.50. The number of hydrogen-bond acceptors (Lipinski definition) is 4. The maximum atomic E-state index is 12.4. The largest absolute Gasteiger partial charge is 0.493 e. The summed E-state index contributed by atoms with van der Waals surface area (Å²) in [5, 5.41) is 13.4. The van der Waals surface area contributed by atoms with Crippen molar-refractivity contribution in [3.63, 3.8) is 0 Å². The summed E-state index contributed by atoms with van der Waals surface area (Å²) in [5.74, 6) is 0.409. The summed E-state index contributed by atoms with van der Waals surface area (Å²) in [6, 6.07) is 20.6. The molecule has 1 aromatic heterocycles. The Labute approximate surface area is 157 Å². The van der Waals surface area contributed by atoms with Gasteiger partial charge in [0.25, 0.3) is 5.91 Å². The van der Waals surface area contributed by atoms with Gasteiger partial charge in [0.05, 0.1) is 18.7 Å². The Morgan fingerprint density at radius 1 is 1.08 bits per heavy atom. The summed E-state index contributed by atoms with van der Waals surface area (Å²) in [7, 11) is 0. The maximum Gasteiger partial charge on any atom is 0.255 e. The number of thiophene rings is 1. The van der Waals surface area contributed by atoms with E-state index in [4.69, 9.17) is 4.74 Å². The molecule has 0 saturated heterocycles. The number of amides is 1. The predicted molar refractivity (Wildman–Crippen MR) is 104 cm³/mol. The summed E-state index contributed by atoms with van der Waals surface area (Å²) in [6.45, 7) is 2.81. The summed E-state index contributed by atoms with van der Waals surface area (Å²) in [4.78, 5) is 14.3. The van der Waals surface area contributed by atoms with Crippen LogP contribution >= 0.6 is 11.3 Å². The number of rotatable bonds is 7. The predicted octanol–water partition coefficient (Wildman–Crippen LogP) is 4.16. The van der Waals surface area contributed by atoms with E-state index in [1.54, 1.807) is 12.1 Å². The van der Waals surface area contributed by atoms with E-state index in [1.807, 2.05) is 61.5 Å². The number of benzene rings is 2. The van der Waals surface area contributed by atoms with E-state index in [0.29, 0.717) is 24.5 Å². The normalized spacial score (nSPS) is 11.8. The first-order valence-corrected chi connectivity index (χ1v) is 9.32. The molecule has 1 unspecified atom stereocenters. The van der Waals surface area contributed by atoms with E-state index in [0.717, 1.165) is 15.3 Å². The van der Waals surface area contributed by atoms with Gasteiger partial charge in [-0.2, -0.15) is 0 Å². The van der Waals surface area contributed by atoms with E-state index in [1.165, 1.54) is 11.3 Å². The van der Waals surface area contributed by atoms with Crippen molar-refractivity contribution >= 4 is 17.2 Å². The Kier molecular flexibility index (Phi) is 6.04. The van der Waals surface area contributed by atoms with E-state index < -0.39 is 6.10 Å². The van der Waals surface area contributed by atoms with Crippen molar-refractivity contribution in [3.05, 3.63) is 87.6 Å². The van der Waals surface area contributed by atoms with Crippen molar-refractivity contribution in [1.29, 1.82) is 0 Å². The third kappa shape index (κ3) is 4.31. The highest BCUT2D eigenvalue weighted by Crippen LogP contribution is 2.28. The lowest BCUT2D eigenvalue weighted by molar-refractivity contribution is 0.0947. The second-order valence-corrected chi connectivity index (χ2v) is 6.93. The molecule has 1 heterocycles. The molecule has 1 atom stereocenters. The standard InChI is InChI=1S/C21H21NO3S/c1-2-25-18-11-7-6-10-17(18)21(24)22-14-16-12-13-19(26-16)20(23)15-8-4-3-5-9-15/h3-13,20,23H,2,14H2,1H3,(H,22,24). The van der Waals surface area contributed by atoms with Gasteiger partial charge in [-0.25, -0.2) is 0 Å². The average molecular weight is 367 g/mol. The molecule has 0 aliphatic carbocycles. The average Bonchev–Trinajstić information content (AvgIpc) is 3.16. The molecule has 0 bridgehead atoms. The van der Waals surface area contributed by atoms with E-state index in [-0.39, 0.29) is 5.91 Å². The summed E-state index contributed by atoms with van der Waals surface area (Å²) >= 11 is 1.49. The van der Waals surface area contributed by atoms with Gasteiger partial charge < -0.3 is 15.2 Å². The Hall–Kier alpha value is -2.63. The molecular formula is C21H21NO3S. The fraction of sp³-hybridized carbons (Fsp3) is 0.190. The van der Waals surface area contributed by atoms with Crippen LogP contribution < -0.4 is 10.1 Å². The molecule has 3 aromatic rings. The monoisotopic (exact) mass is 367 g/mol. The highest BCUT2D eigenvalue weighted by atomic mass is 32.1. The molecule has 2 N–H and O–H groups in total. The highest BCUT2D eigenvalue weighted by Gasteiger charge is 2.14. The third-order valence-electron chi connectivity index (χ3n) is 3.92. The van der Waals surface area contributed by atoms with Crippen molar-refractivity contribution in [2.45, 2.75) is 19.6 Å². The molecule has 1 amide bonds. The van der Waals surface area contributed by atoms with Crippen molar-refractivity contribution in [1.82, 2.24) is 5.32 Å². The van der Waals surface area contributed by atoms with Gasteiger partial charge in [-0.3, -0.25) is 4.79 Å². The van der Waals surface area contributed by atoms with Crippen LogP contribution in [0, 0.1) is 0 Å². The number of aliphatic hydroxyl groups excluding tert-OH is 1. The van der Waals surface area contributed by atoms with Crippen LogP contribution in [0.4, 0.5) is 0 Å². The lowest BCUT2D eigenvalue weighted by atomic mass is 10.1. The molecule has 0 fully saturated rings. The minimum absolute atomic E-state index is 0.174. The van der Waals surface area contributed by atoms with E-state index in [2.05, 4.69) is 5.32 Å². The Morgan fingerprint density at radius 3 is 2.58 bits per heavy atom. The van der Waals surface area contributed by atoms with Gasteiger partial charge in [0.1, 0.15) is 11.9 Å². The molecule has 5 heteroatoms. The molecule has 134 valence electrons. The minimum Gasteiger partial charge on any atom is -0.493 e. The van der Waals surface area contributed by atoms with Crippen LogP contribution in [0.5, 0.6) is 5.75 Å². The number of carbonyl (C=O) groups excluding carboxylic acids is 1. The van der Waals surface area contributed by atoms with Gasteiger partial charge in [0.15, 0.2) is 0 Å². The number of carbonyl (C=O) groups is 1. The zero-order chi connectivity index (χ0) is 18.4. The van der Waals surface area contributed by atoms with Crippen molar-refractivity contribution in [2.24, 2.45) is 0 Å². The topological polar surface area (TPSA) is 58.6 Å². The quantitative estimate of drug-likeness (QED) is 0.659. The summed E-state index contributed by atoms with van der Waals surface area (Å²) in [5.41, 5.74) is 1.38. The number of para-hydroxylation sites is 1. The Morgan fingerprint density at radius 2 is 1.81 bits per heavy atom. The SMILES string of the molecule is CCOc1ccccc1C(=O)NCc1ccc(C(O)c2ccccc2)s1. The van der Waals surface area contributed by atoms with Gasteiger partial charge in [-0.15, -0.1) is 11.3 Å². The highest BCUT2D eigenvalue weighted by molar-refractivity contribution is 7.12. The number of aliphatic hydroxyl groups is 1. The second kappa shape index (κ2) is 8.65. The zero-order valence-corrected chi connectivity index (χ0v) is 15.3. The first kappa shape index (κ1) is 18.2. The van der Waals surface area contributed by atoms with Crippen LogP contribution in [0.15, 0.2) is 66.7 Å². The molecule has 0 saturated carbocycles. The lowest BCUT2D eigenvalue weighted by Crippen LogP contribution is -2.23. The van der Waals surface area contributed by atoms with Gasteiger partial charge in [0, 0.05) is 9.75 Å². The van der Waals surface area contributed by atoms with Crippen molar-refractivity contribution in [3.8, 4) is 5.75 Å². The molecule has 0 aliphatic heterocycles. The van der Waals surface area contributed by atoms with E-state index in [9.17, 15) is 9.90 Å². The van der Waals surface area contributed by atoms with Crippen molar-refractivity contribution < 1.29 is 14.6 Å². The molecule has 3 rings (SSSR count). The van der Waals surface area contributed by atoms with Gasteiger partial charge in [-0.05, 0) is 36.8 Å². The van der Waals surface area contributed by atoms with Gasteiger partial charge in [-0.1, -0.05) is 42.5 Å². The lowest BCUT2D eigenvalue weighted by Gasteiger charge is -2.10. The molecule has 4 nitrogen and oxygen atoms in total. The zero-order valence-electron chi connectivity index (χ0n) is 14.5. The smallest absolute Gasteiger partial charge is 0.255 e. The minimum atomic E-state index is -0.649. The first-order chi connectivity index (χ1) is 12.7. The fourth-order valence-electron chi connectivity index (χ4n) is 2.63. The third-order valence-corrected chi connectivity index (χ3v) is 5.06. The number of hydrogen-bond donors (Lipinski definition) is 2. The second-order valence-electron chi connectivity index (χ2n) is 5.73. The first-order valence-electron chi connectivity index (χ1n) is 8.50. The fourth-order valence-corrected chi connectivity index (χ4v) is 3.60. The maximum absolute atomic E-state index is 12.4. The molecule has 0 aliphatic rings. The number of nitrogens with one attached hydrogen (secondary N) is 1. The molecule has 0 spiro atoms. The van der Waals surface area contributed by atoms with Crippen LogP contribution in [-0.2, 0) is 6.54 Å². The Bertz CT molecular complexity index is 860. The van der Waals surface area contributed by atoms with Gasteiger partial charge >= 0.3 is 0 Å². The molecular weight excluding hydrogens is 346 g/mol. The molecule has 0 radical (unpaired) electrons. The van der Waals surface area contributed by atoms with Crippen LogP contribution in [-0.4, -0.2) is 17.6 Å². The Balaban J connectivity index is 1.64. The van der Waals surface area contributed by atoms with Crippen molar-refractivity contribution in [2.75, 3.05) is 6.61 Å².